The summed E-state index contributed by atoms with van der Waals surface area (Å²) >= 11 is 0. The highest BCUT2D eigenvalue weighted by atomic mass is 16.4. The number of carboxylic acids is 2. The molecule has 0 aromatic carbocycles. The fraction of sp³-hybridized carbons (Fsp3) is 0.800. The van der Waals surface area contributed by atoms with E-state index in [0.717, 1.165) is 0 Å². The van der Waals surface area contributed by atoms with Crippen LogP contribution in [0.15, 0.2) is 0 Å². The zero-order chi connectivity index (χ0) is 13.0. The number of rotatable bonds is 7. The molecule has 0 aromatic heterocycles. The topological polar surface area (TPSA) is 115 Å². The van der Waals surface area contributed by atoms with E-state index in [1.165, 1.54) is 0 Å². The second-order valence-corrected chi connectivity index (χ2v) is 3.24. The van der Waals surface area contributed by atoms with Gasteiger partial charge in [0.25, 0.3) is 0 Å². The molecule has 96 valence electrons. The number of aliphatic hydroxyl groups excluding tert-OH is 2. The van der Waals surface area contributed by atoms with Crippen LogP contribution in [0.5, 0.6) is 0 Å². The van der Waals surface area contributed by atoms with Crippen molar-refractivity contribution in [2.45, 2.75) is 45.1 Å². The third-order valence-electron chi connectivity index (χ3n) is 1.71. The van der Waals surface area contributed by atoms with Crippen molar-refractivity contribution in [3.05, 3.63) is 0 Å². The quantitative estimate of drug-likeness (QED) is 0.477. The summed E-state index contributed by atoms with van der Waals surface area (Å²) in [7, 11) is 0. The van der Waals surface area contributed by atoms with E-state index in [0.29, 0.717) is 19.3 Å². The van der Waals surface area contributed by atoms with Gasteiger partial charge in [-0.1, -0.05) is 6.92 Å². The summed E-state index contributed by atoms with van der Waals surface area (Å²) in [5, 5.41) is 32.8. The second kappa shape index (κ2) is 11.9. The Labute approximate surface area is 94.5 Å². The molecule has 0 rings (SSSR count). The molecule has 1 atom stereocenters. The van der Waals surface area contributed by atoms with E-state index in [-0.39, 0.29) is 19.4 Å². The highest BCUT2D eigenvalue weighted by molar-refractivity contribution is 5.67. The van der Waals surface area contributed by atoms with Crippen molar-refractivity contribution in [2.75, 3.05) is 6.61 Å². The summed E-state index contributed by atoms with van der Waals surface area (Å²) in [5.41, 5.74) is 0. The van der Waals surface area contributed by atoms with E-state index >= 15 is 0 Å². The number of aliphatic hydroxyl groups is 2. The van der Waals surface area contributed by atoms with Crippen LogP contribution in [0.2, 0.25) is 0 Å². The average molecular weight is 236 g/mol. The van der Waals surface area contributed by atoms with Crippen LogP contribution in [-0.2, 0) is 9.59 Å². The standard InChI is InChI=1S/C6H10O4.C4H10O2/c7-5(8)3-1-2-4-6(9)10;1-2-4(6)3-5/h1-4H2,(H,7,8)(H,9,10);4-6H,2-3H2,1H3. The first-order valence-electron chi connectivity index (χ1n) is 5.16. The Morgan fingerprint density at radius 1 is 1.06 bits per heavy atom. The van der Waals surface area contributed by atoms with Crippen molar-refractivity contribution in [1.82, 2.24) is 0 Å². The number of carboxylic acid groups (broad SMARTS) is 2. The van der Waals surface area contributed by atoms with Crippen LogP contribution in [0.4, 0.5) is 0 Å². The van der Waals surface area contributed by atoms with Gasteiger partial charge in [-0.3, -0.25) is 9.59 Å². The predicted molar refractivity (Wildman–Crippen MR) is 57.1 cm³/mol. The van der Waals surface area contributed by atoms with E-state index in [4.69, 9.17) is 20.4 Å². The fourth-order valence-electron chi connectivity index (χ4n) is 0.682. The summed E-state index contributed by atoms with van der Waals surface area (Å²) in [6.45, 7) is 1.71. The summed E-state index contributed by atoms with van der Waals surface area (Å²) < 4.78 is 0. The molecule has 0 spiro atoms. The molecule has 16 heavy (non-hydrogen) atoms. The third kappa shape index (κ3) is 18.6. The molecule has 4 N–H and O–H groups in total. The minimum absolute atomic E-state index is 0.0628. The first-order chi connectivity index (χ1) is 7.43. The highest BCUT2D eigenvalue weighted by Crippen LogP contribution is 1.98. The monoisotopic (exact) mass is 236 g/mol. The molecule has 0 saturated heterocycles. The smallest absolute Gasteiger partial charge is 0.303 e. The molecule has 0 aliphatic heterocycles. The van der Waals surface area contributed by atoms with Crippen molar-refractivity contribution in [3.8, 4) is 0 Å². The first kappa shape index (κ1) is 17.3. The van der Waals surface area contributed by atoms with Gasteiger partial charge in [0.2, 0.25) is 0 Å². The Kier molecular flexibility index (Phi) is 12.9. The van der Waals surface area contributed by atoms with Crippen LogP contribution < -0.4 is 0 Å². The highest BCUT2D eigenvalue weighted by Gasteiger charge is 1.99. The lowest BCUT2D eigenvalue weighted by Gasteiger charge is -1.97. The van der Waals surface area contributed by atoms with Crippen molar-refractivity contribution in [3.63, 3.8) is 0 Å². The number of unbranched alkanes of at least 4 members (excludes halogenated alkanes) is 1. The van der Waals surface area contributed by atoms with Gasteiger partial charge in [0.15, 0.2) is 0 Å². The molecular formula is C10H20O6. The van der Waals surface area contributed by atoms with Gasteiger partial charge in [-0.05, 0) is 19.3 Å². The van der Waals surface area contributed by atoms with Gasteiger partial charge < -0.3 is 20.4 Å². The zero-order valence-electron chi connectivity index (χ0n) is 9.43. The Hall–Kier alpha value is -1.14. The van der Waals surface area contributed by atoms with Crippen LogP contribution in [0, 0.1) is 0 Å². The largest absolute Gasteiger partial charge is 0.481 e. The molecule has 0 heterocycles. The molecule has 0 aliphatic rings. The molecule has 0 aromatic rings. The Morgan fingerprint density at radius 2 is 1.44 bits per heavy atom. The molecule has 0 fully saturated rings. The molecule has 0 saturated carbocycles. The number of hydrogen-bond donors (Lipinski definition) is 4. The van der Waals surface area contributed by atoms with E-state index in [1.807, 2.05) is 6.92 Å². The van der Waals surface area contributed by atoms with Gasteiger partial charge in [-0.15, -0.1) is 0 Å². The van der Waals surface area contributed by atoms with Crippen molar-refractivity contribution in [1.29, 1.82) is 0 Å². The van der Waals surface area contributed by atoms with Crippen molar-refractivity contribution >= 4 is 11.9 Å². The van der Waals surface area contributed by atoms with Gasteiger partial charge in [0.1, 0.15) is 0 Å². The van der Waals surface area contributed by atoms with Gasteiger partial charge in [-0.25, -0.2) is 0 Å². The van der Waals surface area contributed by atoms with Crippen molar-refractivity contribution < 1.29 is 30.0 Å². The maximum atomic E-state index is 9.90. The SMILES string of the molecule is CCC(O)CO.O=C(O)CCCCC(=O)O. The molecule has 1 unspecified atom stereocenters. The Balaban J connectivity index is 0. The van der Waals surface area contributed by atoms with E-state index in [1.54, 1.807) is 0 Å². The normalized spacial score (nSPS) is 11.2. The summed E-state index contributed by atoms with van der Waals surface area (Å²) in [6.07, 6.45) is 1.14. The third-order valence-corrected chi connectivity index (χ3v) is 1.71. The minimum atomic E-state index is -0.870. The molecular weight excluding hydrogens is 216 g/mol. The minimum Gasteiger partial charge on any atom is -0.481 e. The van der Waals surface area contributed by atoms with E-state index in [9.17, 15) is 9.59 Å². The molecule has 0 amide bonds. The lowest BCUT2D eigenvalue weighted by molar-refractivity contribution is -0.139. The average Bonchev–Trinajstić information content (AvgIpc) is 2.23. The van der Waals surface area contributed by atoms with Gasteiger partial charge in [0.05, 0.1) is 12.7 Å². The van der Waals surface area contributed by atoms with Crippen LogP contribution in [-0.4, -0.2) is 45.1 Å². The van der Waals surface area contributed by atoms with Gasteiger partial charge in [0, 0.05) is 12.8 Å². The van der Waals surface area contributed by atoms with Gasteiger partial charge in [-0.2, -0.15) is 0 Å². The zero-order valence-corrected chi connectivity index (χ0v) is 9.43. The predicted octanol–water partition coefficient (Wildman–Crippen LogP) is 0.466. The molecule has 6 heteroatoms. The molecule has 0 bridgehead atoms. The number of aliphatic carboxylic acids is 2. The van der Waals surface area contributed by atoms with E-state index in [2.05, 4.69) is 0 Å². The summed E-state index contributed by atoms with van der Waals surface area (Å²) in [5.74, 6) is -1.74. The fourth-order valence-corrected chi connectivity index (χ4v) is 0.682. The summed E-state index contributed by atoms with van der Waals surface area (Å²) in [4.78, 5) is 19.8. The lowest BCUT2D eigenvalue weighted by atomic mass is 10.2. The molecule has 6 nitrogen and oxygen atoms in total. The lowest BCUT2D eigenvalue weighted by Crippen LogP contribution is -2.08. The molecule has 0 aliphatic carbocycles. The van der Waals surface area contributed by atoms with E-state index < -0.39 is 18.0 Å². The second-order valence-electron chi connectivity index (χ2n) is 3.24. The summed E-state index contributed by atoms with van der Waals surface area (Å²) in [6, 6.07) is 0. The van der Waals surface area contributed by atoms with Crippen LogP contribution >= 0.6 is 0 Å². The maximum absolute atomic E-state index is 9.90. The van der Waals surface area contributed by atoms with Gasteiger partial charge >= 0.3 is 11.9 Å². The maximum Gasteiger partial charge on any atom is 0.303 e. The number of hydrogen-bond acceptors (Lipinski definition) is 4. The first-order valence-corrected chi connectivity index (χ1v) is 5.16. The molecule has 0 radical (unpaired) electrons. The number of carbonyl (C=O) groups is 2. The van der Waals surface area contributed by atoms with Crippen LogP contribution in [0.25, 0.3) is 0 Å². The van der Waals surface area contributed by atoms with Crippen LogP contribution in [0.3, 0.4) is 0 Å². The van der Waals surface area contributed by atoms with Crippen LogP contribution in [0.1, 0.15) is 39.0 Å². The Morgan fingerprint density at radius 3 is 1.56 bits per heavy atom. The van der Waals surface area contributed by atoms with Crippen molar-refractivity contribution in [2.24, 2.45) is 0 Å². The Bertz CT molecular complexity index is 172.